The minimum Gasteiger partial charge on any atom is -0.487 e. The highest BCUT2D eigenvalue weighted by Gasteiger charge is 2.08. The molecule has 0 saturated carbocycles. The van der Waals surface area contributed by atoms with E-state index in [1.807, 2.05) is 28.2 Å². The standard InChI is InChI=1S/C14H13BrN2OS/c1-10-3-2-4-11(7-15)13(10)18-9-12-8-17-5-6-19-14(17)16-12/h2-6,8H,7,9H2,1H3. The van der Waals surface area contributed by atoms with Crippen LogP contribution in [-0.4, -0.2) is 9.38 Å². The molecule has 0 atom stereocenters. The third-order valence-electron chi connectivity index (χ3n) is 2.94. The smallest absolute Gasteiger partial charge is 0.193 e. The first-order chi connectivity index (χ1) is 9.28. The lowest BCUT2D eigenvalue weighted by atomic mass is 10.1. The summed E-state index contributed by atoms with van der Waals surface area (Å²) in [5.74, 6) is 0.954. The molecule has 0 spiro atoms. The molecule has 3 aromatic rings. The minimum atomic E-state index is 0.499. The summed E-state index contributed by atoms with van der Waals surface area (Å²) in [6.07, 6.45) is 4.02. The third kappa shape index (κ3) is 2.53. The first kappa shape index (κ1) is 12.7. The van der Waals surface area contributed by atoms with E-state index < -0.39 is 0 Å². The number of imidazole rings is 1. The molecule has 19 heavy (non-hydrogen) atoms. The number of benzene rings is 1. The number of rotatable bonds is 4. The van der Waals surface area contributed by atoms with E-state index in [2.05, 4.69) is 40.0 Å². The van der Waals surface area contributed by atoms with Gasteiger partial charge >= 0.3 is 0 Å². The van der Waals surface area contributed by atoms with Crippen LogP contribution in [0.1, 0.15) is 16.8 Å². The summed E-state index contributed by atoms with van der Waals surface area (Å²) in [7, 11) is 0. The van der Waals surface area contributed by atoms with Crippen molar-refractivity contribution < 1.29 is 4.74 Å². The van der Waals surface area contributed by atoms with Crippen LogP contribution in [-0.2, 0) is 11.9 Å². The van der Waals surface area contributed by atoms with E-state index >= 15 is 0 Å². The highest BCUT2D eigenvalue weighted by atomic mass is 79.9. The number of aromatic nitrogens is 2. The van der Waals surface area contributed by atoms with E-state index in [0.717, 1.165) is 27.3 Å². The van der Waals surface area contributed by atoms with Gasteiger partial charge in [-0.3, -0.25) is 4.40 Å². The van der Waals surface area contributed by atoms with Gasteiger partial charge in [-0.05, 0) is 12.5 Å². The van der Waals surface area contributed by atoms with Crippen LogP contribution in [0.3, 0.4) is 0 Å². The van der Waals surface area contributed by atoms with Gasteiger partial charge in [0, 0.05) is 28.7 Å². The van der Waals surface area contributed by atoms with Gasteiger partial charge in [0.05, 0.1) is 5.69 Å². The van der Waals surface area contributed by atoms with Crippen LogP contribution in [0, 0.1) is 6.92 Å². The lowest BCUT2D eigenvalue weighted by Gasteiger charge is -2.11. The zero-order valence-electron chi connectivity index (χ0n) is 10.5. The van der Waals surface area contributed by atoms with Crippen molar-refractivity contribution in [3.8, 4) is 5.75 Å². The molecule has 0 bridgehead atoms. The molecule has 0 aliphatic heterocycles. The van der Waals surface area contributed by atoms with Crippen molar-refractivity contribution in [3.05, 3.63) is 52.8 Å². The van der Waals surface area contributed by atoms with Gasteiger partial charge < -0.3 is 4.74 Å². The van der Waals surface area contributed by atoms with Crippen molar-refractivity contribution in [2.75, 3.05) is 0 Å². The molecule has 98 valence electrons. The van der Waals surface area contributed by atoms with E-state index in [-0.39, 0.29) is 0 Å². The Morgan fingerprint density at radius 3 is 3.11 bits per heavy atom. The maximum atomic E-state index is 5.94. The number of alkyl halides is 1. The van der Waals surface area contributed by atoms with E-state index in [0.29, 0.717) is 6.61 Å². The molecule has 2 heterocycles. The maximum absolute atomic E-state index is 5.94. The molecular weight excluding hydrogens is 324 g/mol. The van der Waals surface area contributed by atoms with Crippen molar-refractivity contribution in [1.29, 1.82) is 0 Å². The van der Waals surface area contributed by atoms with E-state index in [1.54, 1.807) is 11.3 Å². The molecule has 1 aromatic carbocycles. The molecular formula is C14H13BrN2OS. The summed E-state index contributed by atoms with van der Waals surface area (Å²) >= 11 is 5.12. The van der Waals surface area contributed by atoms with Crippen LogP contribution in [0.2, 0.25) is 0 Å². The van der Waals surface area contributed by atoms with E-state index in [1.165, 1.54) is 5.56 Å². The second-order valence-corrected chi connectivity index (χ2v) is 5.74. The molecule has 0 aliphatic carbocycles. The Kier molecular flexibility index (Phi) is 3.57. The average Bonchev–Trinajstić information content (AvgIpc) is 2.97. The molecule has 2 aromatic heterocycles. The predicted octanol–water partition coefficient (Wildman–Crippen LogP) is 4.18. The minimum absolute atomic E-state index is 0.499. The summed E-state index contributed by atoms with van der Waals surface area (Å²) in [5.41, 5.74) is 3.27. The fourth-order valence-electron chi connectivity index (χ4n) is 2.02. The Balaban J connectivity index is 1.80. The van der Waals surface area contributed by atoms with Crippen LogP contribution < -0.4 is 4.74 Å². The number of hydrogen-bond donors (Lipinski definition) is 0. The quantitative estimate of drug-likeness (QED) is 0.668. The van der Waals surface area contributed by atoms with Gasteiger partial charge in [0.2, 0.25) is 0 Å². The van der Waals surface area contributed by atoms with Gasteiger partial charge in [0.1, 0.15) is 12.4 Å². The first-order valence-corrected chi connectivity index (χ1v) is 7.96. The summed E-state index contributed by atoms with van der Waals surface area (Å²) in [4.78, 5) is 5.52. The van der Waals surface area contributed by atoms with Gasteiger partial charge in [-0.25, -0.2) is 4.98 Å². The normalized spacial score (nSPS) is 11.1. The molecule has 0 saturated heterocycles. The highest BCUT2D eigenvalue weighted by molar-refractivity contribution is 9.08. The average molecular weight is 337 g/mol. The number of aryl methyl sites for hydroxylation is 1. The number of para-hydroxylation sites is 1. The van der Waals surface area contributed by atoms with Gasteiger partial charge in [-0.1, -0.05) is 34.1 Å². The fourth-order valence-corrected chi connectivity index (χ4v) is 3.18. The number of nitrogens with zero attached hydrogens (tertiary/aromatic N) is 2. The molecule has 3 nitrogen and oxygen atoms in total. The number of ether oxygens (including phenoxy) is 1. The molecule has 0 amide bonds. The van der Waals surface area contributed by atoms with Crippen molar-refractivity contribution in [1.82, 2.24) is 9.38 Å². The molecule has 0 radical (unpaired) electrons. The monoisotopic (exact) mass is 336 g/mol. The molecule has 0 unspecified atom stereocenters. The van der Waals surface area contributed by atoms with Gasteiger partial charge in [0.15, 0.2) is 4.96 Å². The number of hydrogen-bond acceptors (Lipinski definition) is 3. The Labute approximate surface area is 124 Å². The van der Waals surface area contributed by atoms with Gasteiger partial charge in [-0.15, -0.1) is 11.3 Å². The number of thiazole rings is 1. The molecule has 0 N–H and O–H groups in total. The van der Waals surface area contributed by atoms with Crippen molar-refractivity contribution in [2.24, 2.45) is 0 Å². The Bertz CT molecular complexity index is 676. The summed E-state index contributed by atoms with van der Waals surface area (Å²) < 4.78 is 7.96. The topological polar surface area (TPSA) is 26.5 Å². The largest absolute Gasteiger partial charge is 0.487 e. The zero-order valence-corrected chi connectivity index (χ0v) is 12.9. The lowest BCUT2D eigenvalue weighted by molar-refractivity contribution is 0.298. The zero-order chi connectivity index (χ0) is 13.2. The highest BCUT2D eigenvalue weighted by Crippen LogP contribution is 2.26. The maximum Gasteiger partial charge on any atom is 0.193 e. The molecule has 3 rings (SSSR count). The summed E-state index contributed by atoms with van der Waals surface area (Å²) in [6, 6.07) is 6.18. The van der Waals surface area contributed by atoms with Crippen LogP contribution in [0.4, 0.5) is 0 Å². The number of halogens is 1. The molecule has 0 fully saturated rings. The second-order valence-electron chi connectivity index (χ2n) is 4.31. The third-order valence-corrected chi connectivity index (χ3v) is 4.32. The fraction of sp³-hybridized carbons (Fsp3) is 0.214. The van der Waals surface area contributed by atoms with Crippen LogP contribution >= 0.6 is 27.3 Å². The van der Waals surface area contributed by atoms with E-state index in [4.69, 9.17) is 4.74 Å². The van der Waals surface area contributed by atoms with Crippen LogP contribution in [0.25, 0.3) is 4.96 Å². The number of fused-ring (bicyclic) bond motifs is 1. The first-order valence-electron chi connectivity index (χ1n) is 5.96. The van der Waals surface area contributed by atoms with Crippen molar-refractivity contribution in [2.45, 2.75) is 18.9 Å². The van der Waals surface area contributed by atoms with E-state index in [9.17, 15) is 0 Å². The summed E-state index contributed by atoms with van der Waals surface area (Å²) in [5, 5.41) is 2.82. The lowest BCUT2D eigenvalue weighted by Crippen LogP contribution is -2.00. The predicted molar refractivity (Wildman–Crippen MR) is 81.2 cm³/mol. The molecule has 5 heteroatoms. The van der Waals surface area contributed by atoms with Crippen molar-refractivity contribution in [3.63, 3.8) is 0 Å². The van der Waals surface area contributed by atoms with Crippen LogP contribution in [0.15, 0.2) is 36.0 Å². The SMILES string of the molecule is Cc1cccc(CBr)c1OCc1cn2ccsc2n1. The van der Waals surface area contributed by atoms with Crippen LogP contribution in [0.5, 0.6) is 5.75 Å². The second kappa shape index (κ2) is 5.35. The van der Waals surface area contributed by atoms with Gasteiger partial charge in [0.25, 0.3) is 0 Å². The summed E-state index contributed by atoms with van der Waals surface area (Å²) in [6.45, 7) is 2.56. The van der Waals surface area contributed by atoms with Gasteiger partial charge in [-0.2, -0.15) is 0 Å². The Hall–Kier alpha value is -1.33. The van der Waals surface area contributed by atoms with Crippen molar-refractivity contribution >= 4 is 32.2 Å². The molecule has 0 aliphatic rings. The Morgan fingerprint density at radius 1 is 1.42 bits per heavy atom. The Morgan fingerprint density at radius 2 is 2.32 bits per heavy atom.